The number of benzene rings is 1. The third-order valence-electron chi connectivity index (χ3n) is 3.13. The molecule has 0 aliphatic heterocycles. The van der Waals surface area contributed by atoms with Crippen LogP contribution >= 0.6 is 23.2 Å². The van der Waals surface area contributed by atoms with Crippen molar-refractivity contribution in [2.75, 3.05) is 0 Å². The van der Waals surface area contributed by atoms with Crippen LogP contribution in [0.2, 0.25) is 10.0 Å². The summed E-state index contributed by atoms with van der Waals surface area (Å²) >= 11 is 12.2. The van der Waals surface area contributed by atoms with Gasteiger partial charge in [0.1, 0.15) is 0 Å². The van der Waals surface area contributed by atoms with Gasteiger partial charge in [-0.05, 0) is 55.3 Å². The minimum absolute atomic E-state index is 0.120. The van der Waals surface area contributed by atoms with Crippen LogP contribution in [0.25, 0.3) is 0 Å². The number of nitrogens with zero attached hydrogens (tertiary/aromatic N) is 1. The fourth-order valence-electron chi connectivity index (χ4n) is 2.06. The molecule has 0 radical (unpaired) electrons. The predicted octanol–water partition coefficient (Wildman–Crippen LogP) is 4.80. The first-order chi connectivity index (χ1) is 9.08. The van der Waals surface area contributed by atoms with Crippen molar-refractivity contribution in [1.82, 2.24) is 10.3 Å². The van der Waals surface area contributed by atoms with Crippen LogP contribution in [-0.4, -0.2) is 4.98 Å². The van der Waals surface area contributed by atoms with Crippen LogP contribution in [-0.2, 0) is 0 Å². The van der Waals surface area contributed by atoms with E-state index in [1.807, 2.05) is 24.3 Å². The summed E-state index contributed by atoms with van der Waals surface area (Å²) in [5.41, 5.74) is 2.20. The molecule has 0 saturated heterocycles. The van der Waals surface area contributed by atoms with Gasteiger partial charge in [0.05, 0.1) is 0 Å². The van der Waals surface area contributed by atoms with Crippen molar-refractivity contribution in [1.29, 1.82) is 0 Å². The average molecular weight is 295 g/mol. The van der Waals surface area contributed by atoms with Crippen molar-refractivity contribution in [2.24, 2.45) is 0 Å². The summed E-state index contributed by atoms with van der Waals surface area (Å²) in [4.78, 5) is 4.02. The molecule has 0 amide bonds. The monoisotopic (exact) mass is 294 g/mol. The zero-order valence-electron chi connectivity index (χ0n) is 10.9. The number of nitrogens with one attached hydrogen (secondary N) is 1. The van der Waals surface area contributed by atoms with Crippen molar-refractivity contribution >= 4 is 23.2 Å². The molecule has 0 bridgehead atoms. The Balaban J connectivity index is 2.13. The molecule has 2 aromatic rings. The third-order valence-corrected chi connectivity index (χ3v) is 3.71. The standard InChI is InChI=1S/C15H16Cl2N2/c1-10(12-5-7-18-8-6-12)19-11(2)14-9-13(16)3-4-15(14)17/h3-11,19H,1-2H3/t10-,11?/m1/s1. The van der Waals surface area contributed by atoms with E-state index in [-0.39, 0.29) is 12.1 Å². The highest BCUT2D eigenvalue weighted by Crippen LogP contribution is 2.27. The lowest BCUT2D eigenvalue weighted by molar-refractivity contribution is 0.494. The highest BCUT2D eigenvalue weighted by atomic mass is 35.5. The number of halogens is 2. The molecule has 1 heterocycles. The Morgan fingerprint density at radius 1 is 1.00 bits per heavy atom. The summed E-state index contributed by atoms with van der Waals surface area (Å²) in [6.07, 6.45) is 3.59. The molecule has 0 spiro atoms. The van der Waals surface area contributed by atoms with Gasteiger partial charge in [0.15, 0.2) is 0 Å². The van der Waals surface area contributed by atoms with Gasteiger partial charge in [0, 0.05) is 34.5 Å². The minimum Gasteiger partial charge on any atom is -0.304 e. The molecule has 2 rings (SSSR count). The molecule has 19 heavy (non-hydrogen) atoms. The Hall–Kier alpha value is -1.09. The van der Waals surface area contributed by atoms with Crippen LogP contribution < -0.4 is 5.32 Å². The van der Waals surface area contributed by atoms with Crippen molar-refractivity contribution in [3.8, 4) is 0 Å². The fourth-order valence-corrected chi connectivity index (χ4v) is 2.52. The van der Waals surface area contributed by atoms with E-state index in [1.165, 1.54) is 5.56 Å². The van der Waals surface area contributed by atoms with Crippen LogP contribution in [0.15, 0.2) is 42.7 Å². The van der Waals surface area contributed by atoms with E-state index in [9.17, 15) is 0 Å². The van der Waals surface area contributed by atoms with Gasteiger partial charge in [-0.2, -0.15) is 0 Å². The minimum atomic E-state index is 0.120. The van der Waals surface area contributed by atoms with Crippen molar-refractivity contribution in [3.63, 3.8) is 0 Å². The Morgan fingerprint density at radius 2 is 1.68 bits per heavy atom. The van der Waals surface area contributed by atoms with Gasteiger partial charge >= 0.3 is 0 Å². The zero-order valence-corrected chi connectivity index (χ0v) is 12.4. The Morgan fingerprint density at radius 3 is 2.37 bits per heavy atom. The first kappa shape index (κ1) is 14.3. The summed E-state index contributed by atoms with van der Waals surface area (Å²) in [6.45, 7) is 4.19. The maximum atomic E-state index is 6.21. The van der Waals surface area contributed by atoms with Gasteiger partial charge in [-0.25, -0.2) is 0 Å². The number of aromatic nitrogens is 1. The van der Waals surface area contributed by atoms with E-state index in [4.69, 9.17) is 23.2 Å². The molecule has 0 aliphatic carbocycles. The normalized spacial score (nSPS) is 14.1. The smallest absolute Gasteiger partial charge is 0.0454 e. The Bertz CT molecular complexity index is 543. The van der Waals surface area contributed by atoms with Gasteiger partial charge in [-0.15, -0.1) is 0 Å². The average Bonchev–Trinajstić information content (AvgIpc) is 2.42. The second-order valence-electron chi connectivity index (χ2n) is 4.56. The number of pyridine rings is 1. The molecule has 0 fully saturated rings. The molecule has 1 aromatic carbocycles. The summed E-state index contributed by atoms with van der Waals surface area (Å²) < 4.78 is 0. The van der Waals surface area contributed by atoms with Crippen LogP contribution in [0.4, 0.5) is 0 Å². The fraction of sp³-hybridized carbons (Fsp3) is 0.267. The van der Waals surface area contributed by atoms with E-state index in [0.717, 1.165) is 10.6 Å². The van der Waals surface area contributed by atoms with Crippen LogP contribution in [0.1, 0.15) is 37.1 Å². The number of hydrogen-bond acceptors (Lipinski definition) is 2. The van der Waals surface area contributed by atoms with Crippen molar-refractivity contribution < 1.29 is 0 Å². The SMILES string of the molecule is CC(N[C@H](C)c1ccncc1)c1cc(Cl)ccc1Cl. The third kappa shape index (κ3) is 3.69. The molecular weight excluding hydrogens is 279 g/mol. The van der Waals surface area contributed by atoms with Crippen LogP contribution in [0.5, 0.6) is 0 Å². The second kappa shape index (κ2) is 6.38. The molecule has 100 valence electrons. The van der Waals surface area contributed by atoms with Gasteiger partial charge in [0.2, 0.25) is 0 Å². The molecule has 4 heteroatoms. The maximum absolute atomic E-state index is 6.21. The molecule has 2 atom stereocenters. The van der Waals surface area contributed by atoms with Gasteiger partial charge in [-0.1, -0.05) is 23.2 Å². The molecule has 1 N–H and O–H groups in total. The van der Waals surface area contributed by atoms with Gasteiger partial charge in [0.25, 0.3) is 0 Å². The first-order valence-electron chi connectivity index (χ1n) is 6.19. The van der Waals surface area contributed by atoms with E-state index in [0.29, 0.717) is 5.02 Å². The van der Waals surface area contributed by atoms with E-state index < -0.39 is 0 Å². The van der Waals surface area contributed by atoms with Gasteiger partial charge in [-0.3, -0.25) is 4.98 Å². The van der Waals surface area contributed by atoms with Crippen molar-refractivity contribution in [2.45, 2.75) is 25.9 Å². The molecule has 1 unspecified atom stereocenters. The molecule has 2 nitrogen and oxygen atoms in total. The molecule has 0 aliphatic rings. The lowest BCUT2D eigenvalue weighted by atomic mass is 10.1. The summed E-state index contributed by atoms with van der Waals surface area (Å²) in [7, 11) is 0. The zero-order chi connectivity index (χ0) is 13.8. The maximum Gasteiger partial charge on any atom is 0.0454 e. The predicted molar refractivity (Wildman–Crippen MR) is 80.7 cm³/mol. The van der Waals surface area contributed by atoms with E-state index in [2.05, 4.69) is 24.1 Å². The highest BCUT2D eigenvalue weighted by molar-refractivity contribution is 6.33. The molecule has 1 aromatic heterocycles. The summed E-state index contributed by atoms with van der Waals surface area (Å²) in [6, 6.07) is 9.87. The van der Waals surface area contributed by atoms with E-state index in [1.54, 1.807) is 18.5 Å². The highest BCUT2D eigenvalue weighted by Gasteiger charge is 2.14. The number of rotatable bonds is 4. The largest absolute Gasteiger partial charge is 0.304 e. The Kier molecular flexibility index (Phi) is 4.81. The summed E-state index contributed by atoms with van der Waals surface area (Å²) in [5, 5.41) is 4.94. The molecule has 0 saturated carbocycles. The van der Waals surface area contributed by atoms with Gasteiger partial charge < -0.3 is 5.32 Å². The lowest BCUT2D eigenvalue weighted by Crippen LogP contribution is -2.22. The number of hydrogen-bond donors (Lipinski definition) is 1. The molecular formula is C15H16Cl2N2. The van der Waals surface area contributed by atoms with E-state index >= 15 is 0 Å². The summed E-state index contributed by atoms with van der Waals surface area (Å²) in [5.74, 6) is 0. The first-order valence-corrected chi connectivity index (χ1v) is 6.94. The quantitative estimate of drug-likeness (QED) is 0.876. The van der Waals surface area contributed by atoms with Crippen LogP contribution in [0.3, 0.4) is 0 Å². The topological polar surface area (TPSA) is 24.9 Å². The van der Waals surface area contributed by atoms with Crippen molar-refractivity contribution in [3.05, 3.63) is 63.9 Å². The second-order valence-corrected chi connectivity index (χ2v) is 5.40. The lowest BCUT2D eigenvalue weighted by Gasteiger charge is -2.21. The Labute approximate surface area is 123 Å². The van der Waals surface area contributed by atoms with Crippen LogP contribution in [0, 0.1) is 0 Å².